The molecule has 1 heterocycles. The fraction of sp³-hybridized carbons (Fsp3) is 0.391. The first kappa shape index (κ1) is 25.6. The number of nitro groups is 1. The van der Waals surface area contributed by atoms with E-state index in [-0.39, 0.29) is 22.7 Å². The topological polar surface area (TPSA) is 144 Å². The maximum absolute atomic E-state index is 13.0. The Balaban J connectivity index is 1.64. The van der Waals surface area contributed by atoms with Crippen molar-refractivity contribution >= 4 is 23.2 Å². The minimum absolute atomic E-state index is 0.0104. The minimum atomic E-state index is -1.13. The summed E-state index contributed by atoms with van der Waals surface area (Å²) in [6.45, 7) is 1.17. The number of ether oxygens (including phenoxy) is 3. The van der Waals surface area contributed by atoms with Crippen LogP contribution < -0.4 is 24.4 Å². The zero-order chi connectivity index (χ0) is 25.5. The van der Waals surface area contributed by atoms with Crippen molar-refractivity contribution in [2.45, 2.75) is 6.04 Å². The SMILES string of the molecule is COc1cc(C(=O)N[C@@H](CO)C(=O)N2CCN(c3ccc([N+](=O)[O-])cc3)CC2)cc(OC)c1OC. The number of carbonyl (C=O) groups is 2. The highest BCUT2D eigenvalue weighted by Crippen LogP contribution is 2.38. The van der Waals surface area contributed by atoms with Crippen molar-refractivity contribution in [1.29, 1.82) is 0 Å². The number of rotatable bonds is 9. The lowest BCUT2D eigenvalue weighted by molar-refractivity contribution is -0.384. The number of aliphatic hydroxyl groups excluding tert-OH is 1. The monoisotopic (exact) mass is 488 g/mol. The van der Waals surface area contributed by atoms with Gasteiger partial charge in [0, 0.05) is 49.6 Å². The molecule has 1 aliphatic rings. The summed E-state index contributed by atoms with van der Waals surface area (Å²) >= 11 is 0. The molecule has 0 bridgehead atoms. The van der Waals surface area contributed by atoms with E-state index >= 15 is 0 Å². The number of hydrogen-bond donors (Lipinski definition) is 2. The number of amides is 2. The molecule has 3 rings (SSSR count). The number of nitrogens with zero attached hydrogens (tertiary/aromatic N) is 3. The molecule has 0 unspecified atom stereocenters. The van der Waals surface area contributed by atoms with Crippen molar-refractivity contribution in [2.75, 3.05) is 59.0 Å². The van der Waals surface area contributed by atoms with E-state index < -0.39 is 29.4 Å². The lowest BCUT2D eigenvalue weighted by atomic mass is 10.1. The molecule has 0 aromatic heterocycles. The predicted octanol–water partition coefficient (Wildman–Crippen LogP) is 1.06. The zero-order valence-electron chi connectivity index (χ0n) is 19.7. The molecule has 2 N–H and O–H groups in total. The van der Waals surface area contributed by atoms with E-state index in [4.69, 9.17) is 14.2 Å². The molecule has 12 nitrogen and oxygen atoms in total. The van der Waals surface area contributed by atoms with Crippen LogP contribution in [0.5, 0.6) is 17.2 Å². The molecule has 2 amide bonds. The van der Waals surface area contributed by atoms with Crippen LogP contribution >= 0.6 is 0 Å². The second kappa shape index (κ2) is 11.4. The molecule has 0 saturated carbocycles. The van der Waals surface area contributed by atoms with E-state index in [9.17, 15) is 24.8 Å². The molecule has 35 heavy (non-hydrogen) atoms. The summed E-state index contributed by atoms with van der Waals surface area (Å²) < 4.78 is 15.8. The van der Waals surface area contributed by atoms with Crippen LogP contribution in [-0.2, 0) is 4.79 Å². The number of nitro benzene ring substituents is 1. The first-order valence-corrected chi connectivity index (χ1v) is 10.8. The molecule has 2 aromatic carbocycles. The quantitative estimate of drug-likeness (QED) is 0.391. The Morgan fingerprint density at radius 2 is 1.60 bits per heavy atom. The van der Waals surface area contributed by atoms with Gasteiger partial charge in [-0.25, -0.2) is 0 Å². The van der Waals surface area contributed by atoms with Crippen molar-refractivity contribution < 1.29 is 33.8 Å². The van der Waals surface area contributed by atoms with E-state index in [2.05, 4.69) is 5.32 Å². The van der Waals surface area contributed by atoms with Gasteiger partial charge in [0.25, 0.3) is 11.6 Å². The third-order valence-corrected chi connectivity index (χ3v) is 5.73. The van der Waals surface area contributed by atoms with Crippen molar-refractivity contribution in [3.8, 4) is 17.2 Å². The van der Waals surface area contributed by atoms with Crippen LogP contribution in [0.15, 0.2) is 36.4 Å². The smallest absolute Gasteiger partial charge is 0.269 e. The third-order valence-electron chi connectivity index (χ3n) is 5.73. The fourth-order valence-corrected chi connectivity index (χ4v) is 3.83. The van der Waals surface area contributed by atoms with Gasteiger partial charge in [-0.1, -0.05) is 0 Å². The number of carbonyl (C=O) groups excluding carboxylic acids is 2. The second-order valence-corrected chi connectivity index (χ2v) is 7.71. The summed E-state index contributed by atoms with van der Waals surface area (Å²) in [5.41, 5.74) is 1.00. The number of anilines is 1. The molecular weight excluding hydrogens is 460 g/mol. The maximum atomic E-state index is 13.0. The van der Waals surface area contributed by atoms with Gasteiger partial charge in [-0.05, 0) is 24.3 Å². The minimum Gasteiger partial charge on any atom is -0.493 e. The van der Waals surface area contributed by atoms with Crippen LogP contribution in [0.4, 0.5) is 11.4 Å². The Hall–Kier alpha value is -4.06. The lowest BCUT2D eigenvalue weighted by Gasteiger charge is -2.37. The molecule has 1 fully saturated rings. The van der Waals surface area contributed by atoms with Crippen LogP contribution in [0.2, 0.25) is 0 Å². The summed E-state index contributed by atoms with van der Waals surface area (Å²) in [5.74, 6) is -0.0949. The van der Waals surface area contributed by atoms with Gasteiger partial charge in [0.2, 0.25) is 11.7 Å². The lowest BCUT2D eigenvalue weighted by Crippen LogP contribution is -2.56. The van der Waals surface area contributed by atoms with Crippen LogP contribution in [0, 0.1) is 10.1 Å². The van der Waals surface area contributed by atoms with E-state index in [1.807, 2.05) is 4.90 Å². The average molecular weight is 488 g/mol. The van der Waals surface area contributed by atoms with E-state index in [0.717, 1.165) is 5.69 Å². The largest absolute Gasteiger partial charge is 0.493 e. The predicted molar refractivity (Wildman–Crippen MR) is 126 cm³/mol. The van der Waals surface area contributed by atoms with Gasteiger partial charge >= 0.3 is 0 Å². The highest BCUT2D eigenvalue weighted by molar-refractivity contribution is 5.98. The van der Waals surface area contributed by atoms with E-state index in [0.29, 0.717) is 31.9 Å². The first-order valence-electron chi connectivity index (χ1n) is 10.8. The number of hydrogen-bond acceptors (Lipinski definition) is 9. The summed E-state index contributed by atoms with van der Waals surface area (Å²) in [4.78, 5) is 39.8. The van der Waals surface area contributed by atoms with E-state index in [1.165, 1.54) is 45.6 Å². The number of methoxy groups -OCH3 is 3. The van der Waals surface area contributed by atoms with Crippen molar-refractivity contribution in [1.82, 2.24) is 10.2 Å². The highest BCUT2D eigenvalue weighted by atomic mass is 16.6. The maximum Gasteiger partial charge on any atom is 0.269 e. The summed E-state index contributed by atoms with van der Waals surface area (Å²) in [5, 5.41) is 23.2. The molecule has 12 heteroatoms. The molecule has 1 aliphatic heterocycles. The summed E-state index contributed by atoms with van der Waals surface area (Å²) in [6.07, 6.45) is 0. The Morgan fingerprint density at radius 1 is 1.03 bits per heavy atom. The van der Waals surface area contributed by atoms with Gasteiger partial charge < -0.3 is 34.4 Å². The number of aliphatic hydroxyl groups is 1. The molecular formula is C23H28N4O8. The molecule has 188 valence electrons. The Morgan fingerprint density at radius 3 is 2.06 bits per heavy atom. The van der Waals surface area contributed by atoms with Gasteiger partial charge in [0.05, 0.1) is 32.9 Å². The van der Waals surface area contributed by atoms with Crippen LogP contribution in [0.25, 0.3) is 0 Å². The first-order chi connectivity index (χ1) is 16.8. The van der Waals surface area contributed by atoms with Crippen LogP contribution in [0.1, 0.15) is 10.4 Å². The van der Waals surface area contributed by atoms with Gasteiger partial charge in [0.15, 0.2) is 11.5 Å². The van der Waals surface area contributed by atoms with Crippen LogP contribution in [-0.4, -0.2) is 86.9 Å². The Labute approximate surface area is 202 Å². The molecule has 0 radical (unpaired) electrons. The number of piperazine rings is 1. The van der Waals surface area contributed by atoms with Crippen molar-refractivity contribution in [3.05, 3.63) is 52.1 Å². The number of nitrogens with one attached hydrogen (secondary N) is 1. The Bertz CT molecular complexity index is 1040. The fourth-order valence-electron chi connectivity index (χ4n) is 3.83. The van der Waals surface area contributed by atoms with Gasteiger partial charge in [-0.2, -0.15) is 0 Å². The number of benzene rings is 2. The molecule has 1 atom stereocenters. The highest BCUT2D eigenvalue weighted by Gasteiger charge is 2.29. The molecule has 0 spiro atoms. The standard InChI is InChI=1S/C23H28N4O8/c1-33-19-12-15(13-20(34-2)21(19)35-3)22(29)24-18(14-28)23(30)26-10-8-25(9-11-26)16-4-6-17(7-5-16)27(31)32/h4-7,12-13,18,28H,8-11,14H2,1-3H3,(H,24,29)/t18-/m0/s1. The van der Waals surface area contributed by atoms with Crippen LogP contribution in [0.3, 0.4) is 0 Å². The third kappa shape index (κ3) is 5.72. The van der Waals surface area contributed by atoms with Gasteiger partial charge in [0.1, 0.15) is 6.04 Å². The van der Waals surface area contributed by atoms with Gasteiger partial charge in [-0.15, -0.1) is 0 Å². The Kier molecular flexibility index (Phi) is 8.31. The average Bonchev–Trinajstić information content (AvgIpc) is 2.90. The van der Waals surface area contributed by atoms with E-state index in [1.54, 1.807) is 17.0 Å². The molecule has 0 aliphatic carbocycles. The normalized spacial score (nSPS) is 14.2. The zero-order valence-corrected chi connectivity index (χ0v) is 19.7. The number of non-ortho nitro benzene ring substituents is 1. The van der Waals surface area contributed by atoms with Crippen molar-refractivity contribution in [3.63, 3.8) is 0 Å². The molecule has 1 saturated heterocycles. The summed E-state index contributed by atoms with van der Waals surface area (Å²) in [7, 11) is 4.30. The summed E-state index contributed by atoms with van der Waals surface area (Å²) in [6, 6.07) is 8.00. The van der Waals surface area contributed by atoms with Gasteiger partial charge in [-0.3, -0.25) is 19.7 Å². The second-order valence-electron chi connectivity index (χ2n) is 7.71. The molecule has 2 aromatic rings. The van der Waals surface area contributed by atoms with Crippen molar-refractivity contribution in [2.24, 2.45) is 0 Å².